The molecule has 2 aromatic carbocycles. The molecule has 0 saturated heterocycles. The Morgan fingerprint density at radius 2 is 1.64 bits per heavy atom. The standard InChI is InChI=1S/C26H34FN3O2S/c1-26(2,3)30-33-22-15-13-21(14-16-22)28-25(32)23(17-18-7-5-4-6-8-18)29-24(31)19-9-11-20(27)12-10-19/h9-16,18,23,30H,4-8,17H2,1-3H3,(H,28,32)(H,29,31). The summed E-state index contributed by atoms with van der Waals surface area (Å²) >= 11 is 1.55. The first-order chi connectivity index (χ1) is 15.7. The third kappa shape index (κ3) is 8.48. The Labute approximate surface area is 200 Å². The Morgan fingerprint density at radius 3 is 2.24 bits per heavy atom. The van der Waals surface area contributed by atoms with Gasteiger partial charge in [0.25, 0.3) is 5.91 Å². The summed E-state index contributed by atoms with van der Waals surface area (Å²) in [4.78, 5) is 26.9. The average Bonchev–Trinajstić information content (AvgIpc) is 2.78. The lowest BCUT2D eigenvalue weighted by atomic mass is 9.84. The van der Waals surface area contributed by atoms with E-state index >= 15 is 0 Å². The second-order valence-corrected chi connectivity index (χ2v) is 10.6. The van der Waals surface area contributed by atoms with Crippen LogP contribution in [-0.4, -0.2) is 23.4 Å². The van der Waals surface area contributed by atoms with Gasteiger partial charge in [0, 0.05) is 21.7 Å². The molecule has 3 N–H and O–H groups in total. The fraction of sp³-hybridized carbons (Fsp3) is 0.462. The van der Waals surface area contributed by atoms with E-state index in [2.05, 4.69) is 36.1 Å². The molecule has 33 heavy (non-hydrogen) atoms. The highest BCUT2D eigenvalue weighted by Gasteiger charge is 2.26. The van der Waals surface area contributed by atoms with Crippen molar-refractivity contribution in [1.82, 2.24) is 10.0 Å². The summed E-state index contributed by atoms with van der Waals surface area (Å²) in [6.07, 6.45) is 6.29. The maximum absolute atomic E-state index is 13.2. The van der Waals surface area contributed by atoms with Crippen LogP contribution in [0.2, 0.25) is 0 Å². The zero-order chi connectivity index (χ0) is 23.8. The summed E-state index contributed by atoms with van der Waals surface area (Å²) < 4.78 is 16.6. The van der Waals surface area contributed by atoms with Gasteiger partial charge in [-0.15, -0.1) is 0 Å². The van der Waals surface area contributed by atoms with Gasteiger partial charge in [0.2, 0.25) is 5.91 Å². The molecule has 0 aliphatic heterocycles. The van der Waals surface area contributed by atoms with Crippen LogP contribution in [0.25, 0.3) is 0 Å². The minimum Gasteiger partial charge on any atom is -0.340 e. The van der Waals surface area contributed by atoms with Gasteiger partial charge >= 0.3 is 0 Å². The highest BCUT2D eigenvalue weighted by Crippen LogP contribution is 2.28. The first kappa shape index (κ1) is 25.2. The number of amides is 2. The lowest BCUT2D eigenvalue weighted by molar-refractivity contribution is -0.118. The third-order valence-corrected chi connectivity index (χ3v) is 6.84. The molecule has 0 bridgehead atoms. The number of hydrogen-bond donors (Lipinski definition) is 3. The SMILES string of the molecule is CC(C)(C)NSc1ccc(NC(=O)C(CC2CCCCC2)NC(=O)c2ccc(F)cc2)cc1. The fourth-order valence-electron chi connectivity index (χ4n) is 3.88. The number of carbonyl (C=O) groups is 2. The number of carbonyl (C=O) groups excluding carboxylic acids is 2. The van der Waals surface area contributed by atoms with Crippen LogP contribution in [-0.2, 0) is 4.79 Å². The number of hydrogen-bond acceptors (Lipinski definition) is 4. The predicted molar refractivity (Wildman–Crippen MR) is 133 cm³/mol. The molecule has 0 heterocycles. The molecule has 7 heteroatoms. The Morgan fingerprint density at radius 1 is 1.00 bits per heavy atom. The molecule has 2 aromatic rings. The van der Waals surface area contributed by atoms with E-state index < -0.39 is 11.9 Å². The molecule has 1 fully saturated rings. The number of halogens is 1. The largest absolute Gasteiger partial charge is 0.340 e. The zero-order valence-corrected chi connectivity index (χ0v) is 20.4. The lowest BCUT2D eigenvalue weighted by Crippen LogP contribution is -2.45. The molecule has 1 aliphatic carbocycles. The van der Waals surface area contributed by atoms with Gasteiger partial charge in [0.05, 0.1) is 0 Å². The summed E-state index contributed by atoms with van der Waals surface area (Å²) in [5, 5.41) is 5.83. The van der Waals surface area contributed by atoms with Crippen molar-refractivity contribution in [2.75, 3.05) is 5.32 Å². The third-order valence-electron chi connectivity index (χ3n) is 5.62. The van der Waals surface area contributed by atoms with Crippen LogP contribution in [0.3, 0.4) is 0 Å². The van der Waals surface area contributed by atoms with Gasteiger partial charge < -0.3 is 10.6 Å². The van der Waals surface area contributed by atoms with E-state index in [0.717, 1.165) is 30.6 Å². The molecular weight excluding hydrogens is 437 g/mol. The van der Waals surface area contributed by atoms with Crippen LogP contribution in [0.15, 0.2) is 53.4 Å². The second-order valence-electron chi connectivity index (χ2n) is 9.74. The average molecular weight is 472 g/mol. The van der Waals surface area contributed by atoms with Gasteiger partial charge in [0.1, 0.15) is 11.9 Å². The van der Waals surface area contributed by atoms with Crippen LogP contribution >= 0.6 is 11.9 Å². The summed E-state index contributed by atoms with van der Waals surface area (Å²) in [7, 11) is 0. The molecule has 0 spiro atoms. The molecular formula is C26H34FN3O2S. The molecule has 1 aliphatic rings. The highest BCUT2D eigenvalue weighted by atomic mass is 32.2. The van der Waals surface area contributed by atoms with Crippen LogP contribution in [0, 0.1) is 11.7 Å². The molecule has 1 saturated carbocycles. The molecule has 5 nitrogen and oxygen atoms in total. The summed E-state index contributed by atoms with van der Waals surface area (Å²) in [6, 6.07) is 12.3. The van der Waals surface area contributed by atoms with Crippen molar-refractivity contribution in [3.8, 4) is 0 Å². The zero-order valence-electron chi connectivity index (χ0n) is 19.6. The van der Waals surface area contributed by atoms with Crippen LogP contribution in [0.1, 0.15) is 69.7 Å². The topological polar surface area (TPSA) is 70.2 Å². The molecule has 0 radical (unpaired) electrons. The number of benzene rings is 2. The molecule has 2 amide bonds. The van der Waals surface area contributed by atoms with Crippen molar-refractivity contribution < 1.29 is 14.0 Å². The maximum Gasteiger partial charge on any atom is 0.251 e. The van der Waals surface area contributed by atoms with Crippen LogP contribution < -0.4 is 15.4 Å². The van der Waals surface area contributed by atoms with E-state index in [-0.39, 0.29) is 17.4 Å². The first-order valence-electron chi connectivity index (χ1n) is 11.6. The van der Waals surface area contributed by atoms with E-state index in [9.17, 15) is 14.0 Å². The Kier molecular flexibility index (Phi) is 8.92. The Hall–Kier alpha value is -2.38. The number of anilines is 1. The van der Waals surface area contributed by atoms with Gasteiger partial charge in [-0.05, 0) is 93.6 Å². The predicted octanol–water partition coefficient (Wildman–Crippen LogP) is 5.93. The summed E-state index contributed by atoms with van der Waals surface area (Å²) in [5.41, 5.74) is 1.02. The van der Waals surface area contributed by atoms with Crippen molar-refractivity contribution in [3.05, 3.63) is 59.9 Å². The molecule has 178 valence electrons. The fourth-order valence-corrected chi connectivity index (χ4v) is 4.57. The molecule has 1 unspecified atom stereocenters. The van der Waals surface area contributed by atoms with Crippen molar-refractivity contribution >= 4 is 29.4 Å². The summed E-state index contributed by atoms with van der Waals surface area (Å²) in [5.74, 6) is -0.595. The van der Waals surface area contributed by atoms with E-state index in [1.807, 2.05) is 24.3 Å². The molecule has 1 atom stereocenters. The first-order valence-corrected chi connectivity index (χ1v) is 12.4. The lowest BCUT2D eigenvalue weighted by Gasteiger charge is -2.26. The monoisotopic (exact) mass is 471 g/mol. The smallest absolute Gasteiger partial charge is 0.251 e. The van der Waals surface area contributed by atoms with E-state index in [1.165, 1.54) is 30.7 Å². The van der Waals surface area contributed by atoms with E-state index in [0.29, 0.717) is 23.6 Å². The van der Waals surface area contributed by atoms with E-state index in [1.54, 1.807) is 11.9 Å². The van der Waals surface area contributed by atoms with Crippen LogP contribution in [0.5, 0.6) is 0 Å². The highest BCUT2D eigenvalue weighted by molar-refractivity contribution is 7.97. The molecule has 0 aromatic heterocycles. The van der Waals surface area contributed by atoms with Crippen molar-refractivity contribution in [2.24, 2.45) is 5.92 Å². The van der Waals surface area contributed by atoms with E-state index in [4.69, 9.17) is 0 Å². The van der Waals surface area contributed by atoms with Gasteiger partial charge in [-0.25, -0.2) is 4.39 Å². The minimum atomic E-state index is -0.651. The van der Waals surface area contributed by atoms with Crippen LogP contribution in [0.4, 0.5) is 10.1 Å². The Balaban J connectivity index is 1.66. The quantitative estimate of drug-likeness (QED) is 0.418. The minimum absolute atomic E-state index is 0.00732. The maximum atomic E-state index is 13.2. The number of rotatable bonds is 8. The summed E-state index contributed by atoms with van der Waals surface area (Å²) in [6.45, 7) is 6.30. The van der Waals surface area contributed by atoms with Crippen molar-refractivity contribution in [1.29, 1.82) is 0 Å². The van der Waals surface area contributed by atoms with Gasteiger partial charge in [-0.2, -0.15) is 0 Å². The Bertz CT molecular complexity index is 920. The van der Waals surface area contributed by atoms with Gasteiger partial charge in [-0.3, -0.25) is 14.3 Å². The molecule has 3 rings (SSSR count). The van der Waals surface area contributed by atoms with Gasteiger partial charge in [-0.1, -0.05) is 32.1 Å². The van der Waals surface area contributed by atoms with Crippen molar-refractivity contribution in [2.45, 2.75) is 75.8 Å². The number of nitrogens with one attached hydrogen (secondary N) is 3. The second kappa shape index (κ2) is 11.7. The van der Waals surface area contributed by atoms with Gasteiger partial charge in [0.15, 0.2) is 0 Å². The normalized spacial score (nSPS) is 15.6. The van der Waals surface area contributed by atoms with Crippen molar-refractivity contribution in [3.63, 3.8) is 0 Å².